The van der Waals surface area contributed by atoms with E-state index in [1.165, 1.54) is 0 Å². The minimum absolute atomic E-state index is 0.00275. The van der Waals surface area contributed by atoms with Gasteiger partial charge in [0.2, 0.25) is 0 Å². The standard InChI is InChI=1S/C25H30N6O2/c1-15-12-30(19-4-7-33-8-5-19)14-23(15)31-13-18-10-20-22(11-21(18)27-25(31)32)28-29-24(20)17-3-6-26-16(2)9-17/h3,6,9-11,15,19,23H,4-5,7-8,12-14H2,1-2H3,(H,27,32)(H,28,29)/t15-,23-/m1/s1. The van der Waals surface area contributed by atoms with Crippen molar-refractivity contribution in [2.45, 2.75) is 45.3 Å². The summed E-state index contributed by atoms with van der Waals surface area (Å²) in [4.78, 5) is 22.0. The van der Waals surface area contributed by atoms with Crippen molar-refractivity contribution in [2.24, 2.45) is 5.92 Å². The SMILES string of the molecule is Cc1cc(-c2n[nH]c3cc4c(cc23)CN([C@@H]2CN(C3CCOCC3)C[C@H]2C)C(=O)N4)ccn1. The normalized spacial score (nSPS) is 24.3. The first-order chi connectivity index (χ1) is 16.1. The van der Waals surface area contributed by atoms with E-state index in [0.717, 1.165) is 78.2 Å². The average Bonchev–Trinajstić information content (AvgIpc) is 3.41. The van der Waals surface area contributed by atoms with Crippen LogP contribution in [0.5, 0.6) is 0 Å². The van der Waals surface area contributed by atoms with Crippen molar-refractivity contribution in [3.63, 3.8) is 0 Å². The smallest absolute Gasteiger partial charge is 0.322 e. The molecule has 2 fully saturated rings. The number of carbonyl (C=O) groups is 1. The molecule has 2 aromatic heterocycles. The van der Waals surface area contributed by atoms with Crippen LogP contribution >= 0.6 is 0 Å². The van der Waals surface area contributed by atoms with Gasteiger partial charge in [0.05, 0.1) is 11.6 Å². The number of carbonyl (C=O) groups excluding carboxylic acids is 1. The van der Waals surface area contributed by atoms with Crippen molar-refractivity contribution >= 4 is 22.6 Å². The molecule has 172 valence electrons. The molecule has 33 heavy (non-hydrogen) atoms. The van der Waals surface area contributed by atoms with E-state index >= 15 is 0 Å². The Bertz CT molecular complexity index is 1200. The van der Waals surface area contributed by atoms with E-state index in [-0.39, 0.29) is 12.1 Å². The fourth-order valence-corrected chi connectivity index (χ4v) is 5.72. The minimum Gasteiger partial charge on any atom is -0.381 e. The van der Waals surface area contributed by atoms with Gasteiger partial charge in [-0.1, -0.05) is 6.92 Å². The molecule has 2 N–H and O–H groups in total. The molecule has 0 bridgehead atoms. The molecule has 3 aliphatic rings. The zero-order valence-corrected chi connectivity index (χ0v) is 19.2. The summed E-state index contributed by atoms with van der Waals surface area (Å²) in [7, 11) is 0. The maximum atomic E-state index is 13.1. The monoisotopic (exact) mass is 446 g/mol. The third kappa shape index (κ3) is 3.67. The number of benzene rings is 1. The van der Waals surface area contributed by atoms with Crippen LogP contribution in [0.1, 0.15) is 31.0 Å². The van der Waals surface area contributed by atoms with Gasteiger partial charge >= 0.3 is 6.03 Å². The van der Waals surface area contributed by atoms with E-state index < -0.39 is 0 Å². The average molecular weight is 447 g/mol. The Morgan fingerprint density at radius 1 is 1.15 bits per heavy atom. The Morgan fingerprint density at radius 2 is 2.00 bits per heavy atom. The number of amides is 2. The summed E-state index contributed by atoms with van der Waals surface area (Å²) in [5, 5.41) is 11.9. The molecule has 0 aliphatic carbocycles. The first kappa shape index (κ1) is 20.6. The molecule has 0 saturated carbocycles. The summed E-state index contributed by atoms with van der Waals surface area (Å²) in [6.07, 6.45) is 3.99. The van der Waals surface area contributed by atoms with E-state index in [1.807, 2.05) is 36.2 Å². The lowest BCUT2D eigenvalue weighted by Crippen LogP contribution is -2.49. The topological polar surface area (TPSA) is 86.4 Å². The molecule has 0 unspecified atom stereocenters. The van der Waals surface area contributed by atoms with Crippen LogP contribution in [0, 0.1) is 12.8 Å². The Labute approximate surface area is 193 Å². The lowest BCUT2D eigenvalue weighted by molar-refractivity contribution is 0.0397. The predicted octanol–water partition coefficient (Wildman–Crippen LogP) is 3.78. The first-order valence-corrected chi connectivity index (χ1v) is 11.9. The van der Waals surface area contributed by atoms with Crippen LogP contribution in [0.4, 0.5) is 10.5 Å². The van der Waals surface area contributed by atoms with Gasteiger partial charge in [-0.05, 0) is 55.5 Å². The fourth-order valence-electron chi connectivity index (χ4n) is 5.72. The highest BCUT2D eigenvalue weighted by Gasteiger charge is 2.40. The molecular formula is C25H30N6O2. The Hall–Kier alpha value is -2.97. The summed E-state index contributed by atoms with van der Waals surface area (Å²) >= 11 is 0. The summed E-state index contributed by atoms with van der Waals surface area (Å²) < 4.78 is 5.55. The molecule has 2 saturated heterocycles. The molecule has 8 nitrogen and oxygen atoms in total. The van der Waals surface area contributed by atoms with Crippen molar-refractivity contribution < 1.29 is 9.53 Å². The zero-order valence-electron chi connectivity index (χ0n) is 19.2. The number of pyridine rings is 1. The molecule has 0 radical (unpaired) electrons. The molecule has 5 heterocycles. The van der Waals surface area contributed by atoms with Crippen LogP contribution in [0.3, 0.4) is 0 Å². The minimum atomic E-state index is -0.00275. The quantitative estimate of drug-likeness (QED) is 0.640. The summed E-state index contributed by atoms with van der Waals surface area (Å²) in [5.41, 5.74) is 5.85. The number of anilines is 1. The van der Waals surface area contributed by atoms with Gasteiger partial charge in [-0.3, -0.25) is 15.0 Å². The second-order valence-electron chi connectivity index (χ2n) is 9.71. The number of nitrogens with zero attached hydrogens (tertiary/aromatic N) is 4. The van der Waals surface area contributed by atoms with Crippen molar-refractivity contribution in [1.82, 2.24) is 25.0 Å². The third-order valence-electron chi connectivity index (χ3n) is 7.51. The second-order valence-corrected chi connectivity index (χ2v) is 9.71. The molecule has 3 aromatic rings. The van der Waals surface area contributed by atoms with Gasteiger partial charge in [-0.15, -0.1) is 0 Å². The molecule has 1 aromatic carbocycles. The summed E-state index contributed by atoms with van der Waals surface area (Å²) in [6.45, 7) is 8.54. The van der Waals surface area contributed by atoms with E-state index in [9.17, 15) is 4.79 Å². The number of hydrogen-bond acceptors (Lipinski definition) is 5. The number of aromatic nitrogens is 3. The largest absolute Gasteiger partial charge is 0.381 e. The molecule has 8 heteroatoms. The number of H-pyrrole nitrogens is 1. The predicted molar refractivity (Wildman–Crippen MR) is 127 cm³/mol. The van der Waals surface area contributed by atoms with Crippen molar-refractivity contribution in [3.8, 4) is 11.3 Å². The number of hydrogen-bond donors (Lipinski definition) is 2. The number of aromatic amines is 1. The number of aryl methyl sites for hydroxylation is 1. The second kappa shape index (κ2) is 8.11. The van der Waals surface area contributed by atoms with Gasteiger partial charge in [-0.25, -0.2) is 4.79 Å². The van der Waals surface area contributed by atoms with Gasteiger partial charge in [0.1, 0.15) is 5.69 Å². The van der Waals surface area contributed by atoms with Crippen molar-refractivity contribution in [1.29, 1.82) is 0 Å². The van der Waals surface area contributed by atoms with E-state index in [4.69, 9.17) is 4.74 Å². The van der Waals surface area contributed by atoms with Gasteiger partial charge in [0.15, 0.2) is 0 Å². The van der Waals surface area contributed by atoms with Crippen molar-refractivity contribution in [2.75, 3.05) is 31.6 Å². The van der Waals surface area contributed by atoms with E-state index in [0.29, 0.717) is 18.5 Å². The van der Waals surface area contributed by atoms with Crippen LogP contribution in [-0.2, 0) is 11.3 Å². The number of ether oxygens (including phenoxy) is 1. The highest BCUT2D eigenvalue weighted by atomic mass is 16.5. The highest BCUT2D eigenvalue weighted by Crippen LogP contribution is 2.36. The highest BCUT2D eigenvalue weighted by molar-refractivity contribution is 6.00. The number of urea groups is 1. The molecular weight excluding hydrogens is 416 g/mol. The van der Waals surface area contributed by atoms with Crippen molar-refractivity contribution in [3.05, 3.63) is 41.7 Å². The molecule has 2 atom stereocenters. The Kier molecular flexibility index (Phi) is 5.07. The van der Waals surface area contributed by atoms with Gasteiger partial charge in [0.25, 0.3) is 0 Å². The first-order valence-electron chi connectivity index (χ1n) is 11.9. The van der Waals surface area contributed by atoms with Gasteiger partial charge < -0.3 is 15.0 Å². The number of nitrogens with one attached hydrogen (secondary N) is 2. The van der Waals surface area contributed by atoms with Crippen LogP contribution < -0.4 is 5.32 Å². The Morgan fingerprint density at radius 3 is 2.82 bits per heavy atom. The molecule has 2 amide bonds. The summed E-state index contributed by atoms with van der Waals surface area (Å²) in [6, 6.07) is 9.01. The van der Waals surface area contributed by atoms with Crippen LogP contribution in [0.25, 0.3) is 22.2 Å². The fraction of sp³-hybridized carbons (Fsp3) is 0.480. The summed E-state index contributed by atoms with van der Waals surface area (Å²) in [5.74, 6) is 0.438. The Balaban J connectivity index is 1.29. The molecule has 0 spiro atoms. The number of rotatable bonds is 3. The lowest BCUT2D eigenvalue weighted by Gasteiger charge is -2.36. The van der Waals surface area contributed by atoms with Crippen LogP contribution in [0.2, 0.25) is 0 Å². The maximum absolute atomic E-state index is 13.1. The van der Waals surface area contributed by atoms with E-state index in [2.05, 4.69) is 38.4 Å². The van der Waals surface area contributed by atoms with Crippen LogP contribution in [0.15, 0.2) is 30.5 Å². The molecule has 6 rings (SSSR count). The lowest BCUT2D eigenvalue weighted by atomic mass is 10.00. The maximum Gasteiger partial charge on any atom is 0.322 e. The molecule has 3 aliphatic heterocycles. The zero-order chi connectivity index (χ0) is 22.5. The third-order valence-corrected chi connectivity index (χ3v) is 7.51. The van der Waals surface area contributed by atoms with Gasteiger partial charge in [-0.2, -0.15) is 5.10 Å². The van der Waals surface area contributed by atoms with Crippen LogP contribution in [-0.4, -0.2) is 69.4 Å². The van der Waals surface area contributed by atoms with Gasteiger partial charge in [0, 0.05) is 67.4 Å². The van der Waals surface area contributed by atoms with E-state index in [1.54, 1.807) is 0 Å². The number of likely N-dealkylation sites (tertiary alicyclic amines) is 1. The number of fused-ring (bicyclic) bond motifs is 2.